The standard InChI is InChI=1S/C30H39N3O6/c1-6-29-14-8-17-32(21-10-12-22(13-11-21)38-7-2)26(35)23(29)24-27(36)33(20(5)18-34)25-28(37)31(19(3)4)16-9-15-30(24,25)39-29/h8-15,19-20,23-25,34H,6-7,16-18H2,1-5H3/t20-,23-,24+,25?,29+,30+/m1/s1. The smallest absolute Gasteiger partial charge is 0.249 e. The third kappa shape index (κ3) is 4.00. The van der Waals surface area contributed by atoms with Crippen molar-refractivity contribution >= 4 is 23.4 Å². The highest BCUT2D eigenvalue weighted by Crippen LogP contribution is 2.59. The second-order valence-corrected chi connectivity index (χ2v) is 11.2. The number of ether oxygens (including phenoxy) is 2. The molecule has 210 valence electrons. The van der Waals surface area contributed by atoms with Gasteiger partial charge in [0.1, 0.15) is 17.4 Å². The van der Waals surface area contributed by atoms with Crippen LogP contribution in [0.4, 0.5) is 5.69 Å². The van der Waals surface area contributed by atoms with Crippen LogP contribution in [0.15, 0.2) is 48.6 Å². The van der Waals surface area contributed by atoms with E-state index in [0.717, 1.165) is 0 Å². The lowest BCUT2D eigenvalue weighted by Crippen LogP contribution is -2.59. The molecule has 0 aliphatic carbocycles. The number of likely N-dealkylation sites (tertiary alicyclic amines) is 1. The minimum Gasteiger partial charge on any atom is -0.494 e. The van der Waals surface area contributed by atoms with E-state index < -0.39 is 35.1 Å². The highest BCUT2D eigenvalue weighted by molar-refractivity contribution is 6.04. The van der Waals surface area contributed by atoms with Gasteiger partial charge in [-0.3, -0.25) is 14.4 Å². The first kappa shape index (κ1) is 27.4. The normalized spacial score (nSPS) is 32.7. The van der Waals surface area contributed by atoms with Gasteiger partial charge in [-0.2, -0.15) is 0 Å². The molecule has 1 N–H and O–H groups in total. The molecule has 0 saturated carbocycles. The summed E-state index contributed by atoms with van der Waals surface area (Å²) in [6, 6.07) is 5.65. The minimum absolute atomic E-state index is 0.0959. The predicted octanol–water partition coefficient (Wildman–Crippen LogP) is 2.54. The molecule has 1 aromatic rings. The fourth-order valence-electron chi connectivity index (χ4n) is 6.86. The van der Waals surface area contributed by atoms with E-state index in [2.05, 4.69) is 0 Å². The second-order valence-electron chi connectivity index (χ2n) is 11.2. The molecule has 2 fully saturated rings. The summed E-state index contributed by atoms with van der Waals surface area (Å²) in [6.45, 7) is 10.4. The Bertz CT molecular complexity index is 1200. The van der Waals surface area contributed by atoms with Gasteiger partial charge in [0, 0.05) is 24.8 Å². The zero-order chi connectivity index (χ0) is 28.1. The van der Waals surface area contributed by atoms with Gasteiger partial charge in [-0.15, -0.1) is 0 Å². The number of carbonyl (C=O) groups is 3. The summed E-state index contributed by atoms with van der Waals surface area (Å²) in [5, 5.41) is 10.1. The number of anilines is 1. The van der Waals surface area contributed by atoms with Crippen LogP contribution in [0, 0.1) is 11.8 Å². The molecule has 4 aliphatic heterocycles. The first-order chi connectivity index (χ1) is 18.7. The number of aliphatic hydroxyl groups is 1. The van der Waals surface area contributed by atoms with Crippen molar-refractivity contribution in [1.82, 2.24) is 9.80 Å². The number of nitrogens with zero attached hydrogens (tertiary/aromatic N) is 3. The average molecular weight is 538 g/mol. The maximum atomic E-state index is 14.5. The zero-order valence-corrected chi connectivity index (χ0v) is 23.4. The van der Waals surface area contributed by atoms with Crippen LogP contribution in [0.1, 0.15) is 41.0 Å². The maximum Gasteiger partial charge on any atom is 0.249 e. The zero-order valence-electron chi connectivity index (χ0n) is 23.4. The minimum atomic E-state index is -1.33. The first-order valence-corrected chi connectivity index (χ1v) is 14.0. The molecule has 1 unspecified atom stereocenters. The monoisotopic (exact) mass is 537 g/mol. The number of carbonyl (C=O) groups excluding carboxylic acids is 3. The molecule has 39 heavy (non-hydrogen) atoms. The van der Waals surface area contributed by atoms with E-state index in [0.29, 0.717) is 37.6 Å². The van der Waals surface area contributed by atoms with Crippen LogP contribution in [-0.4, -0.2) is 88.3 Å². The van der Waals surface area contributed by atoms with Crippen molar-refractivity contribution in [2.75, 3.05) is 31.2 Å². The van der Waals surface area contributed by atoms with Crippen LogP contribution in [0.5, 0.6) is 5.75 Å². The van der Waals surface area contributed by atoms with Crippen molar-refractivity contribution in [3.8, 4) is 5.75 Å². The summed E-state index contributed by atoms with van der Waals surface area (Å²) in [5.41, 5.74) is -1.69. The van der Waals surface area contributed by atoms with Gasteiger partial charge in [0.2, 0.25) is 17.7 Å². The molecule has 6 atom stereocenters. The van der Waals surface area contributed by atoms with Gasteiger partial charge in [0.25, 0.3) is 0 Å². The quantitative estimate of drug-likeness (QED) is 0.537. The van der Waals surface area contributed by atoms with E-state index in [1.165, 1.54) is 4.90 Å². The first-order valence-electron chi connectivity index (χ1n) is 14.0. The summed E-state index contributed by atoms with van der Waals surface area (Å²) in [6.07, 6.45) is 8.04. The van der Waals surface area contributed by atoms with E-state index in [4.69, 9.17) is 9.47 Å². The van der Waals surface area contributed by atoms with Crippen LogP contribution >= 0.6 is 0 Å². The van der Waals surface area contributed by atoms with Crippen molar-refractivity contribution in [3.05, 3.63) is 48.6 Å². The van der Waals surface area contributed by atoms with Crippen LogP contribution in [0.25, 0.3) is 0 Å². The Morgan fingerprint density at radius 3 is 2.28 bits per heavy atom. The van der Waals surface area contributed by atoms with Crippen molar-refractivity contribution < 1.29 is 29.0 Å². The third-order valence-electron chi connectivity index (χ3n) is 8.73. The summed E-state index contributed by atoms with van der Waals surface area (Å²) in [4.78, 5) is 47.8. The van der Waals surface area contributed by atoms with E-state index in [-0.39, 0.29) is 30.4 Å². The van der Waals surface area contributed by atoms with E-state index >= 15 is 0 Å². The van der Waals surface area contributed by atoms with Gasteiger partial charge in [-0.1, -0.05) is 31.2 Å². The van der Waals surface area contributed by atoms with Gasteiger partial charge in [-0.05, 0) is 58.4 Å². The number of amides is 3. The van der Waals surface area contributed by atoms with E-state index in [9.17, 15) is 19.5 Å². The molecule has 1 spiro atoms. The van der Waals surface area contributed by atoms with Gasteiger partial charge in [0.15, 0.2) is 0 Å². The lowest BCUT2D eigenvalue weighted by atomic mass is 9.73. The Kier molecular flexibility index (Phi) is 7.09. The van der Waals surface area contributed by atoms with Crippen LogP contribution < -0.4 is 9.64 Å². The lowest BCUT2D eigenvalue weighted by molar-refractivity contribution is -0.156. The molecule has 3 amide bonds. The Morgan fingerprint density at radius 2 is 1.67 bits per heavy atom. The predicted molar refractivity (Wildman–Crippen MR) is 146 cm³/mol. The molecular weight excluding hydrogens is 498 g/mol. The highest BCUT2D eigenvalue weighted by Gasteiger charge is 2.75. The van der Waals surface area contributed by atoms with Crippen molar-refractivity contribution in [1.29, 1.82) is 0 Å². The molecule has 4 heterocycles. The van der Waals surface area contributed by atoms with Crippen LogP contribution in [0.3, 0.4) is 0 Å². The molecule has 5 rings (SSSR count). The molecule has 0 radical (unpaired) electrons. The molecular formula is C30H39N3O6. The molecule has 9 heteroatoms. The number of benzene rings is 1. The van der Waals surface area contributed by atoms with Crippen molar-refractivity contribution in [2.24, 2.45) is 11.8 Å². The number of rotatable bonds is 7. The number of aliphatic hydroxyl groups excluding tert-OH is 1. The Hall–Kier alpha value is -3.17. The lowest BCUT2D eigenvalue weighted by Gasteiger charge is -2.40. The summed E-state index contributed by atoms with van der Waals surface area (Å²) >= 11 is 0. The number of hydrogen-bond acceptors (Lipinski definition) is 6. The van der Waals surface area contributed by atoms with E-state index in [1.54, 1.807) is 16.7 Å². The number of fused-ring (bicyclic) bond motifs is 2. The van der Waals surface area contributed by atoms with Gasteiger partial charge < -0.3 is 29.3 Å². The van der Waals surface area contributed by atoms with E-state index in [1.807, 2.05) is 76.3 Å². The molecule has 9 nitrogen and oxygen atoms in total. The molecule has 2 saturated heterocycles. The van der Waals surface area contributed by atoms with Gasteiger partial charge in [-0.25, -0.2) is 0 Å². The topological polar surface area (TPSA) is 99.6 Å². The SMILES string of the molecule is CCOc1ccc(N2CC=C[C@]3(CC)O[C@]45C=CCN(C(C)C)C(=O)C4N([C@H](C)CO)C(=O)[C@@H]5[C@@H]3C2=O)cc1. The van der Waals surface area contributed by atoms with Gasteiger partial charge >= 0.3 is 0 Å². The molecule has 4 aliphatic rings. The fraction of sp³-hybridized carbons (Fsp3) is 0.567. The number of hydrogen-bond donors (Lipinski definition) is 1. The van der Waals surface area contributed by atoms with Crippen molar-refractivity contribution in [3.63, 3.8) is 0 Å². The van der Waals surface area contributed by atoms with Crippen LogP contribution in [0.2, 0.25) is 0 Å². The van der Waals surface area contributed by atoms with Crippen molar-refractivity contribution in [2.45, 2.75) is 70.4 Å². The summed E-state index contributed by atoms with van der Waals surface area (Å²) < 4.78 is 12.5. The largest absolute Gasteiger partial charge is 0.494 e. The fourth-order valence-corrected chi connectivity index (χ4v) is 6.86. The molecule has 1 aromatic carbocycles. The Labute approximate surface area is 230 Å². The summed E-state index contributed by atoms with van der Waals surface area (Å²) in [7, 11) is 0. The summed E-state index contributed by atoms with van der Waals surface area (Å²) in [5.74, 6) is -1.82. The van der Waals surface area contributed by atoms with Crippen LogP contribution in [-0.2, 0) is 19.1 Å². The Balaban J connectivity index is 1.64. The molecule has 0 bridgehead atoms. The maximum absolute atomic E-state index is 14.5. The average Bonchev–Trinajstić information content (AvgIpc) is 3.22. The second kappa shape index (κ2) is 10.1. The Morgan fingerprint density at radius 1 is 0.974 bits per heavy atom. The van der Waals surface area contributed by atoms with Gasteiger partial charge in [0.05, 0.1) is 36.7 Å². The molecule has 0 aromatic heterocycles. The third-order valence-corrected chi connectivity index (χ3v) is 8.73. The highest BCUT2D eigenvalue weighted by atomic mass is 16.5.